The number of hydrogen-bond donors (Lipinski definition) is 0. The molecule has 0 spiro atoms. The van der Waals surface area contributed by atoms with Crippen molar-refractivity contribution in [2.45, 2.75) is 6.61 Å². The number of nitrogens with zero attached hydrogens (tertiary/aromatic N) is 2. The molecule has 0 N–H and O–H groups in total. The van der Waals surface area contributed by atoms with E-state index in [4.69, 9.17) is 20.8 Å². The third-order valence-electron chi connectivity index (χ3n) is 2.72. The number of ether oxygens (including phenoxy) is 1. The monoisotopic (exact) mass is 304 g/mol. The molecule has 1 aromatic heterocycles. The van der Waals surface area contributed by atoms with Crippen LogP contribution in [0.4, 0.5) is 4.39 Å². The molecule has 0 saturated heterocycles. The first-order chi connectivity index (χ1) is 10.2. The van der Waals surface area contributed by atoms with Gasteiger partial charge in [-0.3, -0.25) is 0 Å². The van der Waals surface area contributed by atoms with Crippen molar-refractivity contribution in [3.05, 3.63) is 65.3 Å². The van der Waals surface area contributed by atoms with Crippen LogP contribution >= 0.6 is 11.6 Å². The zero-order valence-corrected chi connectivity index (χ0v) is 11.5. The van der Waals surface area contributed by atoms with Gasteiger partial charge in [-0.25, -0.2) is 4.39 Å². The fourth-order valence-electron chi connectivity index (χ4n) is 1.72. The van der Waals surface area contributed by atoms with E-state index < -0.39 is 0 Å². The van der Waals surface area contributed by atoms with Crippen LogP contribution in [0.5, 0.6) is 5.75 Å². The Morgan fingerprint density at radius 1 is 1.10 bits per heavy atom. The van der Waals surface area contributed by atoms with E-state index in [1.54, 1.807) is 36.4 Å². The average Bonchev–Trinajstić information content (AvgIpc) is 2.95. The lowest BCUT2D eigenvalue weighted by Gasteiger charge is -2.02. The fourth-order valence-corrected chi connectivity index (χ4v) is 1.85. The highest BCUT2D eigenvalue weighted by Gasteiger charge is 2.09. The Kier molecular flexibility index (Phi) is 3.83. The molecule has 0 unspecified atom stereocenters. The lowest BCUT2D eigenvalue weighted by Crippen LogP contribution is -1.95. The molecule has 3 aromatic rings. The Morgan fingerprint density at radius 3 is 2.67 bits per heavy atom. The minimum absolute atomic E-state index is 0.0735. The molecule has 0 amide bonds. The van der Waals surface area contributed by atoms with Crippen molar-refractivity contribution < 1.29 is 13.5 Å². The summed E-state index contributed by atoms with van der Waals surface area (Å²) >= 11 is 5.82. The molecular formula is C15H10ClFN2O2. The molecule has 4 nitrogen and oxygen atoms in total. The maximum absolute atomic E-state index is 13.0. The van der Waals surface area contributed by atoms with Gasteiger partial charge in [-0.1, -0.05) is 17.7 Å². The van der Waals surface area contributed by atoms with Gasteiger partial charge in [0.2, 0.25) is 5.89 Å². The lowest BCUT2D eigenvalue weighted by atomic mass is 10.2. The summed E-state index contributed by atoms with van der Waals surface area (Å²) in [6.07, 6.45) is 0. The second-order valence-corrected chi connectivity index (χ2v) is 4.69. The van der Waals surface area contributed by atoms with Gasteiger partial charge in [-0.2, -0.15) is 0 Å². The second-order valence-electron chi connectivity index (χ2n) is 4.25. The van der Waals surface area contributed by atoms with E-state index in [0.717, 1.165) is 5.56 Å². The van der Waals surface area contributed by atoms with Crippen LogP contribution in [0.2, 0.25) is 5.02 Å². The Balaban J connectivity index is 1.69. The standard InChI is InChI=1S/C15H10ClFN2O2/c16-11-6-4-10(5-7-11)15-19-18-14(21-15)9-20-13-3-1-2-12(17)8-13/h1-8H,9H2. The molecule has 21 heavy (non-hydrogen) atoms. The molecule has 0 radical (unpaired) electrons. The van der Waals surface area contributed by atoms with E-state index in [0.29, 0.717) is 22.6 Å². The summed E-state index contributed by atoms with van der Waals surface area (Å²) in [6.45, 7) is 0.0735. The normalized spacial score (nSPS) is 10.6. The average molecular weight is 305 g/mol. The molecule has 0 aliphatic carbocycles. The number of halogens is 2. The molecule has 1 heterocycles. The molecule has 0 atom stereocenters. The fraction of sp³-hybridized carbons (Fsp3) is 0.0667. The largest absolute Gasteiger partial charge is 0.484 e. The topological polar surface area (TPSA) is 48.2 Å². The molecule has 0 aliphatic heterocycles. The van der Waals surface area contributed by atoms with Crippen molar-refractivity contribution in [2.24, 2.45) is 0 Å². The second kappa shape index (κ2) is 5.93. The van der Waals surface area contributed by atoms with Crippen LogP contribution in [0.25, 0.3) is 11.5 Å². The minimum atomic E-state index is -0.361. The summed E-state index contributed by atoms with van der Waals surface area (Å²) in [5.74, 6) is 0.731. The molecule has 0 saturated carbocycles. The molecule has 3 rings (SSSR count). The van der Waals surface area contributed by atoms with Crippen molar-refractivity contribution in [1.82, 2.24) is 10.2 Å². The summed E-state index contributed by atoms with van der Waals surface area (Å²) in [4.78, 5) is 0. The van der Waals surface area contributed by atoms with Crippen LogP contribution in [-0.2, 0) is 6.61 Å². The highest BCUT2D eigenvalue weighted by atomic mass is 35.5. The predicted octanol–water partition coefficient (Wildman–Crippen LogP) is 4.11. The van der Waals surface area contributed by atoms with Crippen LogP contribution in [-0.4, -0.2) is 10.2 Å². The van der Waals surface area contributed by atoms with E-state index >= 15 is 0 Å². The van der Waals surface area contributed by atoms with Crippen LogP contribution in [0.3, 0.4) is 0 Å². The number of hydrogen-bond acceptors (Lipinski definition) is 4. The maximum Gasteiger partial charge on any atom is 0.254 e. The van der Waals surface area contributed by atoms with Gasteiger partial charge in [0, 0.05) is 16.7 Å². The van der Waals surface area contributed by atoms with E-state index in [2.05, 4.69) is 10.2 Å². The molecule has 0 fully saturated rings. The first-order valence-electron chi connectivity index (χ1n) is 6.17. The zero-order valence-electron chi connectivity index (χ0n) is 10.8. The summed E-state index contributed by atoms with van der Waals surface area (Å²) in [5, 5.41) is 8.45. The third-order valence-corrected chi connectivity index (χ3v) is 2.97. The highest BCUT2D eigenvalue weighted by molar-refractivity contribution is 6.30. The van der Waals surface area contributed by atoms with Gasteiger partial charge in [0.05, 0.1) is 0 Å². The molecule has 0 bridgehead atoms. The summed E-state index contributed by atoms with van der Waals surface area (Å²) in [7, 11) is 0. The maximum atomic E-state index is 13.0. The van der Waals surface area contributed by atoms with E-state index in [1.807, 2.05) is 0 Å². The zero-order chi connectivity index (χ0) is 14.7. The third kappa shape index (κ3) is 3.38. The molecule has 6 heteroatoms. The minimum Gasteiger partial charge on any atom is -0.484 e. The summed E-state index contributed by atoms with van der Waals surface area (Å²) in [5.41, 5.74) is 0.768. The van der Waals surface area contributed by atoms with Crippen LogP contribution in [0.1, 0.15) is 5.89 Å². The van der Waals surface area contributed by atoms with E-state index in [9.17, 15) is 4.39 Å². The first kappa shape index (κ1) is 13.6. The first-order valence-corrected chi connectivity index (χ1v) is 6.55. The molecule has 2 aromatic carbocycles. The Bertz CT molecular complexity index is 743. The predicted molar refractivity (Wildman–Crippen MR) is 75.5 cm³/mol. The SMILES string of the molecule is Fc1cccc(OCc2nnc(-c3ccc(Cl)cc3)o2)c1. The Morgan fingerprint density at radius 2 is 1.90 bits per heavy atom. The smallest absolute Gasteiger partial charge is 0.254 e. The molecule has 106 valence electrons. The number of rotatable bonds is 4. The number of benzene rings is 2. The van der Waals surface area contributed by atoms with Crippen LogP contribution in [0.15, 0.2) is 52.9 Å². The Hall–Kier alpha value is -2.40. The van der Waals surface area contributed by atoms with Crippen LogP contribution < -0.4 is 4.74 Å². The van der Waals surface area contributed by atoms with Crippen molar-refractivity contribution in [2.75, 3.05) is 0 Å². The molecule has 0 aliphatic rings. The van der Waals surface area contributed by atoms with Gasteiger partial charge in [0.1, 0.15) is 11.6 Å². The van der Waals surface area contributed by atoms with Crippen molar-refractivity contribution in [3.8, 4) is 17.2 Å². The van der Waals surface area contributed by atoms with Crippen molar-refractivity contribution >= 4 is 11.6 Å². The van der Waals surface area contributed by atoms with Gasteiger partial charge in [-0.05, 0) is 36.4 Å². The van der Waals surface area contributed by atoms with Gasteiger partial charge < -0.3 is 9.15 Å². The van der Waals surface area contributed by atoms with Gasteiger partial charge in [0.25, 0.3) is 5.89 Å². The van der Waals surface area contributed by atoms with Gasteiger partial charge in [0.15, 0.2) is 6.61 Å². The highest BCUT2D eigenvalue weighted by Crippen LogP contribution is 2.21. The lowest BCUT2D eigenvalue weighted by molar-refractivity contribution is 0.263. The number of aromatic nitrogens is 2. The van der Waals surface area contributed by atoms with Crippen molar-refractivity contribution in [3.63, 3.8) is 0 Å². The van der Waals surface area contributed by atoms with Gasteiger partial charge >= 0.3 is 0 Å². The van der Waals surface area contributed by atoms with Crippen LogP contribution in [0, 0.1) is 5.82 Å². The molecular weight excluding hydrogens is 295 g/mol. The van der Waals surface area contributed by atoms with E-state index in [-0.39, 0.29) is 12.4 Å². The van der Waals surface area contributed by atoms with Gasteiger partial charge in [-0.15, -0.1) is 10.2 Å². The quantitative estimate of drug-likeness (QED) is 0.728. The summed E-state index contributed by atoms with van der Waals surface area (Å²) in [6, 6.07) is 12.9. The van der Waals surface area contributed by atoms with E-state index in [1.165, 1.54) is 12.1 Å². The van der Waals surface area contributed by atoms with Crippen molar-refractivity contribution in [1.29, 1.82) is 0 Å². The summed E-state index contributed by atoms with van der Waals surface area (Å²) < 4.78 is 23.9. The Labute approximate surface area is 125 Å².